The van der Waals surface area contributed by atoms with Crippen molar-refractivity contribution < 1.29 is 13.9 Å². The van der Waals surface area contributed by atoms with Gasteiger partial charge in [0.25, 0.3) is 5.91 Å². The summed E-state index contributed by atoms with van der Waals surface area (Å²) >= 11 is 0. The smallest absolute Gasteiger partial charge is 0.256 e. The molecule has 28 heavy (non-hydrogen) atoms. The summed E-state index contributed by atoms with van der Waals surface area (Å²) in [6, 6.07) is 9.89. The number of anilines is 1. The molecule has 1 aliphatic carbocycles. The monoisotopic (exact) mass is 378 g/mol. The number of fused-ring (bicyclic) bond motifs is 1. The van der Waals surface area contributed by atoms with E-state index in [-0.39, 0.29) is 11.4 Å². The van der Waals surface area contributed by atoms with Crippen molar-refractivity contribution >= 4 is 22.8 Å². The van der Waals surface area contributed by atoms with Crippen LogP contribution in [-0.2, 0) is 10.3 Å². The molecule has 7 heteroatoms. The molecule has 3 heterocycles. The summed E-state index contributed by atoms with van der Waals surface area (Å²) in [4.78, 5) is 22.1. The molecule has 0 spiro atoms. The van der Waals surface area contributed by atoms with Crippen LogP contribution in [0.1, 0.15) is 41.5 Å². The summed E-state index contributed by atoms with van der Waals surface area (Å²) in [5, 5.41) is 7.24. The van der Waals surface area contributed by atoms with E-state index >= 15 is 0 Å². The van der Waals surface area contributed by atoms with Crippen LogP contribution in [0.25, 0.3) is 11.1 Å². The highest BCUT2D eigenvalue weighted by Gasteiger charge is 2.43. The molecular weight excluding hydrogens is 356 g/mol. The maximum Gasteiger partial charge on any atom is 0.256 e. The lowest BCUT2D eigenvalue weighted by Gasteiger charge is -2.42. The Hall–Kier alpha value is -2.93. The van der Waals surface area contributed by atoms with Crippen LogP contribution in [0, 0.1) is 6.92 Å². The third-order valence-corrected chi connectivity index (χ3v) is 5.59. The molecule has 144 valence electrons. The van der Waals surface area contributed by atoms with Gasteiger partial charge in [-0.2, -0.15) is 4.98 Å². The minimum Gasteiger partial charge on any atom is -0.445 e. The number of rotatable bonds is 5. The fourth-order valence-corrected chi connectivity index (χ4v) is 3.56. The van der Waals surface area contributed by atoms with Crippen LogP contribution >= 0.6 is 0 Å². The van der Waals surface area contributed by atoms with E-state index in [1.54, 1.807) is 0 Å². The Labute approximate surface area is 162 Å². The Morgan fingerprint density at radius 1 is 1.14 bits per heavy atom. The first-order valence-electron chi connectivity index (χ1n) is 9.48. The molecule has 0 atom stereocenters. The van der Waals surface area contributed by atoms with Gasteiger partial charge >= 0.3 is 0 Å². The van der Waals surface area contributed by atoms with E-state index in [4.69, 9.17) is 9.15 Å². The molecule has 0 radical (unpaired) electrons. The molecule has 2 fully saturated rings. The number of carbonyl (C=O) groups excluding carboxylic acids is 1. The molecule has 3 aromatic rings. The number of ether oxygens (including phenoxy) is 1. The number of nitrogens with one attached hydrogen (secondary N) is 2. The Kier molecular flexibility index (Phi) is 3.71. The van der Waals surface area contributed by atoms with Crippen LogP contribution in [0.4, 0.5) is 5.82 Å². The standard InChI is InChI=1S/C21H22N4O3/c1-13-22-17(24-20(2)8-9-20)16-15(10-28-19(16)23-13)18(26)25-21(11-27-12-21)14-6-4-3-5-7-14/h3-7,10H,8-9,11-12H2,1-2H3,(H,25,26)(H,22,23,24). The normalized spacial score (nSPS) is 19.1. The van der Waals surface area contributed by atoms with Gasteiger partial charge in [-0.1, -0.05) is 30.3 Å². The Morgan fingerprint density at radius 2 is 1.89 bits per heavy atom. The highest BCUT2D eigenvalue weighted by atomic mass is 16.5. The first kappa shape index (κ1) is 17.2. The van der Waals surface area contributed by atoms with Gasteiger partial charge in [0.2, 0.25) is 5.71 Å². The Balaban J connectivity index is 1.51. The van der Waals surface area contributed by atoms with E-state index in [2.05, 4.69) is 27.5 Å². The molecular formula is C21H22N4O3. The van der Waals surface area contributed by atoms with Gasteiger partial charge in [-0.25, -0.2) is 4.98 Å². The predicted molar refractivity (Wildman–Crippen MR) is 104 cm³/mol. The summed E-state index contributed by atoms with van der Waals surface area (Å²) in [7, 11) is 0. The van der Waals surface area contributed by atoms with Gasteiger partial charge in [0.05, 0.1) is 24.2 Å². The number of amides is 1. The van der Waals surface area contributed by atoms with E-state index in [1.807, 2.05) is 37.3 Å². The van der Waals surface area contributed by atoms with Crippen molar-refractivity contribution in [3.63, 3.8) is 0 Å². The second-order valence-electron chi connectivity index (χ2n) is 8.03. The molecule has 1 saturated heterocycles. The first-order chi connectivity index (χ1) is 13.5. The number of carbonyl (C=O) groups is 1. The minimum absolute atomic E-state index is 0.0197. The third kappa shape index (κ3) is 2.82. The van der Waals surface area contributed by atoms with E-state index in [0.29, 0.717) is 41.5 Å². The van der Waals surface area contributed by atoms with Crippen LogP contribution in [-0.4, -0.2) is 34.6 Å². The third-order valence-electron chi connectivity index (χ3n) is 5.59. The lowest BCUT2D eigenvalue weighted by Crippen LogP contribution is -2.59. The number of hydrogen-bond acceptors (Lipinski definition) is 6. The summed E-state index contributed by atoms with van der Waals surface area (Å²) in [6.45, 7) is 4.85. The van der Waals surface area contributed by atoms with Gasteiger partial charge in [-0.15, -0.1) is 0 Å². The van der Waals surface area contributed by atoms with Gasteiger partial charge in [0.1, 0.15) is 23.4 Å². The number of aromatic nitrogens is 2. The average molecular weight is 378 g/mol. The number of aryl methyl sites for hydroxylation is 1. The molecule has 1 amide bonds. The summed E-state index contributed by atoms with van der Waals surface area (Å²) < 4.78 is 11.1. The predicted octanol–water partition coefficient (Wildman–Crippen LogP) is 3.15. The second kappa shape index (κ2) is 6.04. The van der Waals surface area contributed by atoms with Crippen LogP contribution in [0.3, 0.4) is 0 Å². The van der Waals surface area contributed by atoms with Crippen molar-refractivity contribution in [3.05, 3.63) is 53.5 Å². The van der Waals surface area contributed by atoms with Crippen molar-refractivity contribution in [1.82, 2.24) is 15.3 Å². The van der Waals surface area contributed by atoms with Crippen LogP contribution < -0.4 is 10.6 Å². The lowest BCUT2D eigenvalue weighted by molar-refractivity contribution is -0.0733. The largest absolute Gasteiger partial charge is 0.445 e. The van der Waals surface area contributed by atoms with Crippen LogP contribution in [0.5, 0.6) is 0 Å². The van der Waals surface area contributed by atoms with Gasteiger partial charge in [0.15, 0.2) is 0 Å². The molecule has 1 aromatic carbocycles. The lowest BCUT2D eigenvalue weighted by atomic mass is 9.87. The second-order valence-corrected chi connectivity index (χ2v) is 8.03. The molecule has 1 saturated carbocycles. The number of furan rings is 1. The van der Waals surface area contributed by atoms with Gasteiger partial charge in [0, 0.05) is 5.54 Å². The number of benzene rings is 1. The molecule has 0 bridgehead atoms. The highest BCUT2D eigenvalue weighted by Crippen LogP contribution is 2.40. The zero-order chi connectivity index (χ0) is 19.4. The van der Waals surface area contributed by atoms with Crippen molar-refractivity contribution in [1.29, 1.82) is 0 Å². The van der Waals surface area contributed by atoms with Crippen molar-refractivity contribution in [2.24, 2.45) is 0 Å². The van der Waals surface area contributed by atoms with Gasteiger partial charge < -0.3 is 19.8 Å². The SMILES string of the molecule is Cc1nc(NC2(C)CC2)c2c(C(=O)NC3(c4ccccc4)COC3)coc2n1. The molecule has 0 unspecified atom stereocenters. The highest BCUT2D eigenvalue weighted by molar-refractivity contribution is 6.09. The minimum atomic E-state index is -0.524. The zero-order valence-corrected chi connectivity index (χ0v) is 15.9. The topological polar surface area (TPSA) is 89.3 Å². The number of hydrogen-bond donors (Lipinski definition) is 2. The molecule has 1 aliphatic heterocycles. The zero-order valence-electron chi connectivity index (χ0n) is 15.9. The molecule has 2 N–H and O–H groups in total. The quantitative estimate of drug-likeness (QED) is 0.709. The summed E-state index contributed by atoms with van der Waals surface area (Å²) in [6.07, 6.45) is 3.61. The first-order valence-corrected chi connectivity index (χ1v) is 9.48. The average Bonchev–Trinajstić information content (AvgIpc) is 3.21. The molecule has 2 aliphatic rings. The Morgan fingerprint density at radius 3 is 2.54 bits per heavy atom. The van der Waals surface area contributed by atoms with Crippen LogP contribution in [0.15, 0.2) is 41.0 Å². The number of nitrogens with zero attached hydrogens (tertiary/aromatic N) is 2. The van der Waals surface area contributed by atoms with Gasteiger partial charge in [-0.3, -0.25) is 4.79 Å². The fraction of sp³-hybridized carbons (Fsp3) is 0.381. The van der Waals surface area contributed by atoms with E-state index in [9.17, 15) is 4.79 Å². The van der Waals surface area contributed by atoms with E-state index < -0.39 is 5.54 Å². The van der Waals surface area contributed by atoms with Crippen molar-refractivity contribution in [3.8, 4) is 0 Å². The summed E-state index contributed by atoms with van der Waals surface area (Å²) in [5.74, 6) is 1.04. The Bertz CT molecular complexity index is 1050. The molecule has 5 rings (SSSR count). The maximum absolute atomic E-state index is 13.2. The summed E-state index contributed by atoms with van der Waals surface area (Å²) in [5.41, 5.74) is 1.38. The van der Waals surface area contributed by atoms with Crippen LogP contribution in [0.2, 0.25) is 0 Å². The van der Waals surface area contributed by atoms with E-state index in [1.165, 1.54) is 6.26 Å². The van der Waals surface area contributed by atoms with Crippen molar-refractivity contribution in [2.45, 2.75) is 37.8 Å². The van der Waals surface area contributed by atoms with Gasteiger partial charge in [-0.05, 0) is 32.3 Å². The van der Waals surface area contributed by atoms with Crippen molar-refractivity contribution in [2.75, 3.05) is 18.5 Å². The van der Waals surface area contributed by atoms with E-state index in [0.717, 1.165) is 18.4 Å². The molecule has 7 nitrogen and oxygen atoms in total. The molecule has 2 aromatic heterocycles. The fourth-order valence-electron chi connectivity index (χ4n) is 3.56. The maximum atomic E-state index is 13.2.